The molecule has 0 aliphatic carbocycles. The van der Waals surface area contributed by atoms with Crippen molar-refractivity contribution in [2.45, 2.75) is 18.0 Å². The summed E-state index contributed by atoms with van der Waals surface area (Å²) >= 11 is 3.68. The fourth-order valence-corrected chi connectivity index (χ4v) is 2.51. The maximum Gasteiger partial charge on any atom is 0.0949 e. The van der Waals surface area contributed by atoms with Crippen LogP contribution in [0, 0.1) is 0 Å². The lowest BCUT2D eigenvalue weighted by Crippen LogP contribution is -1.93. The molecule has 1 aliphatic heterocycles. The number of halogens is 1. The topological polar surface area (TPSA) is 22.4 Å². The average Bonchev–Trinajstić information content (AvgIpc) is 2.98. The van der Waals surface area contributed by atoms with E-state index in [1.807, 2.05) is 6.07 Å². The van der Waals surface area contributed by atoms with Gasteiger partial charge in [-0.3, -0.25) is 0 Å². The Morgan fingerprint density at radius 3 is 2.75 bits per heavy atom. The molecule has 0 N–H and O–H groups in total. The minimum atomic E-state index is 0.192. The van der Waals surface area contributed by atoms with E-state index in [0.717, 1.165) is 18.8 Å². The molecular weight excluding hydrogens is 268 g/mol. The molecule has 82 valence electrons. The third-order valence-electron chi connectivity index (χ3n) is 2.87. The predicted molar refractivity (Wildman–Crippen MR) is 64.4 cm³/mol. The van der Waals surface area contributed by atoms with Gasteiger partial charge in [0.25, 0.3) is 0 Å². The first-order valence-electron chi connectivity index (χ1n) is 5.20. The molecule has 3 rings (SSSR count). The summed E-state index contributed by atoms with van der Waals surface area (Å²) < 4.78 is 10.5. The summed E-state index contributed by atoms with van der Waals surface area (Å²) in [4.78, 5) is 0.192. The fraction of sp³-hybridized carbons (Fsp3) is 0.231. The number of hydrogen-bond donors (Lipinski definition) is 0. The van der Waals surface area contributed by atoms with Gasteiger partial charge >= 0.3 is 0 Å². The molecule has 0 radical (unpaired) electrons. The van der Waals surface area contributed by atoms with Crippen molar-refractivity contribution in [2.75, 3.05) is 0 Å². The van der Waals surface area contributed by atoms with Gasteiger partial charge < -0.3 is 9.15 Å². The Kier molecular flexibility index (Phi) is 2.58. The van der Waals surface area contributed by atoms with Gasteiger partial charge in [-0.05, 0) is 22.8 Å². The average molecular weight is 279 g/mol. The van der Waals surface area contributed by atoms with Gasteiger partial charge in [0.05, 0.1) is 30.6 Å². The molecule has 3 heteroatoms. The molecule has 2 heterocycles. The Morgan fingerprint density at radius 2 is 1.94 bits per heavy atom. The van der Waals surface area contributed by atoms with Crippen molar-refractivity contribution in [1.29, 1.82) is 0 Å². The van der Waals surface area contributed by atoms with Crippen molar-refractivity contribution in [1.82, 2.24) is 0 Å². The Bertz CT molecular complexity index is 491. The molecule has 0 bridgehead atoms. The second-order valence-corrected chi connectivity index (χ2v) is 4.86. The molecule has 1 aromatic heterocycles. The molecule has 1 aliphatic rings. The molecule has 0 amide bonds. The lowest BCUT2D eigenvalue weighted by molar-refractivity contribution is 0.134. The maximum atomic E-state index is 5.41. The highest BCUT2D eigenvalue weighted by molar-refractivity contribution is 9.09. The van der Waals surface area contributed by atoms with E-state index in [0.29, 0.717) is 0 Å². The van der Waals surface area contributed by atoms with Crippen molar-refractivity contribution in [3.05, 3.63) is 59.0 Å². The number of alkyl halides is 1. The summed E-state index contributed by atoms with van der Waals surface area (Å²) in [5.41, 5.74) is 4.98. The van der Waals surface area contributed by atoms with Gasteiger partial charge in [-0.2, -0.15) is 0 Å². The van der Waals surface area contributed by atoms with Crippen LogP contribution in [0.3, 0.4) is 0 Å². The van der Waals surface area contributed by atoms with Gasteiger partial charge in [0, 0.05) is 5.56 Å². The zero-order chi connectivity index (χ0) is 11.0. The van der Waals surface area contributed by atoms with Crippen LogP contribution in [0.1, 0.15) is 27.1 Å². The highest BCUT2D eigenvalue weighted by Gasteiger charge is 2.16. The van der Waals surface area contributed by atoms with E-state index >= 15 is 0 Å². The lowest BCUT2D eigenvalue weighted by atomic mass is 10.0. The number of hydrogen-bond acceptors (Lipinski definition) is 2. The smallest absolute Gasteiger partial charge is 0.0949 e. The second-order valence-electron chi connectivity index (χ2n) is 3.94. The van der Waals surface area contributed by atoms with Crippen LogP contribution in [0.2, 0.25) is 0 Å². The maximum absolute atomic E-state index is 5.41. The van der Waals surface area contributed by atoms with Gasteiger partial charge in [-0.25, -0.2) is 0 Å². The molecule has 16 heavy (non-hydrogen) atoms. The second kappa shape index (κ2) is 4.07. The van der Waals surface area contributed by atoms with Crippen molar-refractivity contribution < 1.29 is 9.15 Å². The van der Waals surface area contributed by atoms with E-state index in [4.69, 9.17) is 9.15 Å². The minimum Gasteiger partial charge on any atom is -0.472 e. The summed E-state index contributed by atoms with van der Waals surface area (Å²) in [7, 11) is 0. The summed E-state index contributed by atoms with van der Waals surface area (Å²) in [5, 5.41) is 0. The van der Waals surface area contributed by atoms with Gasteiger partial charge in [-0.15, -0.1) is 0 Å². The molecule has 1 atom stereocenters. The third-order valence-corrected chi connectivity index (χ3v) is 3.93. The van der Waals surface area contributed by atoms with E-state index in [1.165, 1.54) is 16.7 Å². The SMILES string of the molecule is BrC(c1ccoc1)c1ccc2c(c1)COC2. The summed E-state index contributed by atoms with van der Waals surface area (Å²) in [6.07, 6.45) is 3.46. The van der Waals surface area contributed by atoms with Crippen LogP contribution in [0.15, 0.2) is 41.2 Å². The van der Waals surface area contributed by atoms with Crippen LogP contribution in [0.25, 0.3) is 0 Å². The van der Waals surface area contributed by atoms with Crippen LogP contribution in [0.5, 0.6) is 0 Å². The lowest BCUT2D eigenvalue weighted by Gasteiger charge is -2.09. The normalized spacial score (nSPS) is 16.1. The van der Waals surface area contributed by atoms with Gasteiger partial charge in [0.2, 0.25) is 0 Å². The molecule has 2 nitrogen and oxygen atoms in total. The van der Waals surface area contributed by atoms with Gasteiger partial charge in [0.15, 0.2) is 0 Å². The molecule has 0 spiro atoms. The zero-order valence-electron chi connectivity index (χ0n) is 8.65. The highest BCUT2D eigenvalue weighted by Crippen LogP contribution is 2.33. The van der Waals surface area contributed by atoms with E-state index in [9.17, 15) is 0 Å². The van der Waals surface area contributed by atoms with E-state index in [2.05, 4.69) is 34.1 Å². The monoisotopic (exact) mass is 278 g/mol. The summed E-state index contributed by atoms with van der Waals surface area (Å²) in [6.45, 7) is 1.47. The van der Waals surface area contributed by atoms with Gasteiger partial charge in [-0.1, -0.05) is 34.1 Å². The van der Waals surface area contributed by atoms with E-state index in [1.54, 1.807) is 12.5 Å². The first-order valence-corrected chi connectivity index (χ1v) is 6.12. The van der Waals surface area contributed by atoms with Crippen molar-refractivity contribution >= 4 is 15.9 Å². The highest BCUT2D eigenvalue weighted by atomic mass is 79.9. The number of fused-ring (bicyclic) bond motifs is 1. The molecule has 1 aromatic carbocycles. The Hall–Kier alpha value is -1.06. The molecule has 0 fully saturated rings. The quantitative estimate of drug-likeness (QED) is 0.780. The van der Waals surface area contributed by atoms with Crippen LogP contribution in [-0.2, 0) is 18.0 Å². The number of furan rings is 1. The zero-order valence-corrected chi connectivity index (χ0v) is 10.2. The van der Waals surface area contributed by atoms with Crippen molar-refractivity contribution in [3.63, 3.8) is 0 Å². The standard InChI is InChI=1S/C13H11BrO2/c14-13(11-3-4-15-7-11)9-1-2-10-6-16-8-12(10)5-9/h1-5,7,13H,6,8H2. The molecule has 2 aromatic rings. The third kappa shape index (κ3) is 1.70. The summed E-state index contributed by atoms with van der Waals surface area (Å²) in [5.74, 6) is 0. The molecule has 1 unspecified atom stereocenters. The molecule has 0 saturated carbocycles. The van der Waals surface area contributed by atoms with Crippen LogP contribution >= 0.6 is 15.9 Å². The number of benzene rings is 1. The van der Waals surface area contributed by atoms with E-state index in [-0.39, 0.29) is 4.83 Å². The number of rotatable bonds is 2. The van der Waals surface area contributed by atoms with Crippen LogP contribution in [0.4, 0.5) is 0 Å². The first-order chi connectivity index (χ1) is 7.84. The Morgan fingerprint density at radius 1 is 1.06 bits per heavy atom. The minimum absolute atomic E-state index is 0.192. The summed E-state index contributed by atoms with van der Waals surface area (Å²) in [6, 6.07) is 8.46. The first kappa shape index (κ1) is 10.1. The largest absolute Gasteiger partial charge is 0.472 e. The van der Waals surface area contributed by atoms with Crippen LogP contribution < -0.4 is 0 Å². The van der Waals surface area contributed by atoms with Crippen molar-refractivity contribution in [2.24, 2.45) is 0 Å². The fourth-order valence-electron chi connectivity index (χ4n) is 1.96. The molecular formula is C13H11BrO2. The number of ether oxygens (including phenoxy) is 1. The van der Waals surface area contributed by atoms with Crippen LogP contribution in [-0.4, -0.2) is 0 Å². The Labute approximate surface area is 102 Å². The predicted octanol–water partition coefficient (Wildman–Crippen LogP) is 3.79. The van der Waals surface area contributed by atoms with Crippen molar-refractivity contribution in [3.8, 4) is 0 Å². The Balaban J connectivity index is 1.95. The van der Waals surface area contributed by atoms with E-state index < -0.39 is 0 Å². The van der Waals surface area contributed by atoms with Gasteiger partial charge in [0.1, 0.15) is 0 Å². The molecule has 0 saturated heterocycles.